The van der Waals surface area contributed by atoms with Crippen LogP contribution in [-0.4, -0.2) is 37.1 Å². The van der Waals surface area contributed by atoms with Crippen molar-refractivity contribution >= 4 is 33.3 Å². The summed E-state index contributed by atoms with van der Waals surface area (Å²) in [5.74, 6) is 0. The summed E-state index contributed by atoms with van der Waals surface area (Å²) in [6, 6.07) is 17.0. The first kappa shape index (κ1) is 16.3. The molecule has 0 aromatic heterocycles. The number of benzene rings is 2. The Morgan fingerprint density at radius 3 is 2.54 bits per heavy atom. The molecule has 1 heterocycles. The molecule has 0 aliphatic carbocycles. The SMILES string of the molecule is N#Cc1cccc(NC(=O)N2CCN(c3ccccc3Br)CC2)c1. The minimum Gasteiger partial charge on any atom is -0.367 e. The van der Waals surface area contributed by atoms with Gasteiger partial charge in [0.15, 0.2) is 0 Å². The van der Waals surface area contributed by atoms with Crippen LogP contribution in [0.25, 0.3) is 0 Å². The highest BCUT2D eigenvalue weighted by atomic mass is 79.9. The number of halogens is 1. The number of nitrogens with one attached hydrogen (secondary N) is 1. The summed E-state index contributed by atoms with van der Waals surface area (Å²) in [7, 11) is 0. The first-order valence-corrected chi connectivity index (χ1v) is 8.52. The number of nitriles is 1. The van der Waals surface area contributed by atoms with E-state index in [2.05, 4.69) is 38.3 Å². The van der Waals surface area contributed by atoms with Gasteiger partial charge in [-0.3, -0.25) is 0 Å². The van der Waals surface area contributed by atoms with Crippen LogP contribution >= 0.6 is 15.9 Å². The Hall–Kier alpha value is -2.52. The van der Waals surface area contributed by atoms with Crippen molar-refractivity contribution < 1.29 is 4.79 Å². The van der Waals surface area contributed by atoms with Gasteiger partial charge in [0.1, 0.15) is 0 Å². The van der Waals surface area contributed by atoms with Gasteiger partial charge < -0.3 is 15.1 Å². The van der Waals surface area contributed by atoms with Gasteiger partial charge in [-0.05, 0) is 46.3 Å². The van der Waals surface area contributed by atoms with E-state index in [1.54, 1.807) is 29.2 Å². The van der Waals surface area contributed by atoms with E-state index in [9.17, 15) is 4.79 Å². The fourth-order valence-electron chi connectivity index (χ4n) is 2.73. The molecule has 2 aromatic rings. The molecule has 1 aliphatic rings. The summed E-state index contributed by atoms with van der Waals surface area (Å²) < 4.78 is 1.07. The van der Waals surface area contributed by atoms with Crippen molar-refractivity contribution in [1.29, 1.82) is 5.26 Å². The zero-order chi connectivity index (χ0) is 16.9. The number of anilines is 2. The Kier molecular flexibility index (Phi) is 5.02. The van der Waals surface area contributed by atoms with Crippen LogP contribution < -0.4 is 10.2 Å². The number of carbonyl (C=O) groups is 1. The molecule has 0 radical (unpaired) electrons. The minimum atomic E-state index is -0.128. The van der Waals surface area contributed by atoms with E-state index < -0.39 is 0 Å². The fourth-order valence-corrected chi connectivity index (χ4v) is 3.26. The molecule has 2 aromatic carbocycles. The number of carbonyl (C=O) groups excluding carboxylic acids is 1. The molecule has 1 fully saturated rings. The third kappa shape index (κ3) is 3.69. The average molecular weight is 385 g/mol. The highest BCUT2D eigenvalue weighted by Crippen LogP contribution is 2.26. The third-order valence-corrected chi connectivity index (χ3v) is 4.67. The van der Waals surface area contributed by atoms with Crippen LogP contribution in [0.5, 0.6) is 0 Å². The van der Waals surface area contributed by atoms with Crippen molar-refractivity contribution in [3.63, 3.8) is 0 Å². The van der Waals surface area contributed by atoms with Gasteiger partial charge in [-0.15, -0.1) is 0 Å². The molecule has 5 nitrogen and oxygen atoms in total. The Morgan fingerprint density at radius 2 is 1.83 bits per heavy atom. The molecule has 0 unspecified atom stereocenters. The van der Waals surface area contributed by atoms with Crippen LogP contribution in [0.1, 0.15) is 5.56 Å². The second-order valence-corrected chi connectivity index (χ2v) is 6.40. The van der Waals surface area contributed by atoms with Gasteiger partial charge in [-0.25, -0.2) is 4.79 Å². The van der Waals surface area contributed by atoms with Crippen LogP contribution in [0.4, 0.5) is 16.2 Å². The van der Waals surface area contributed by atoms with Gasteiger partial charge in [-0.1, -0.05) is 18.2 Å². The summed E-state index contributed by atoms with van der Waals surface area (Å²) in [4.78, 5) is 16.4. The van der Waals surface area contributed by atoms with Gasteiger partial charge >= 0.3 is 6.03 Å². The molecule has 6 heteroatoms. The summed E-state index contributed by atoms with van der Waals surface area (Å²) >= 11 is 3.57. The van der Waals surface area contributed by atoms with Crippen molar-refractivity contribution in [2.45, 2.75) is 0 Å². The predicted molar refractivity (Wildman–Crippen MR) is 98.1 cm³/mol. The topological polar surface area (TPSA) is 59.4 Å². The molecule has 1 aliphatic heterocycles. The van der Waals surface area contributed by atoms with E-state index in [0.717, 1.165) is 23.2 Å². The molecule has 24 heavy (non-hydrogen) atoms. The molecule has 0 saturated carbocycles. The summed E-state index contributed by atoms with van der Waals surface area (Å²) in [6.45, 7) is 2.89. The summed E-state index contributed by atoms with van der Waals surface area (Å²) in [6.07, 6.45) is 0. The second-order valence-electron chi connectivity index (χ2n) is 5.55. The molecule has 1 saturated heterocycles. The standard InChI is InChI=1S/C18H17BrN4O/c19-16-6-1-2-7-17(16)22-8-10-23(11-9-22)18(24)21-15-5-3-4-14(12-15)13-20/h1-7,12H,8-11H2,(H,21,24). The van der Waals surface area contributed by atoms with Crippen molar-refractivity contribution in [3.05, 3.63) is 58.6 Å². The number of para-hydroxylation sites is 1. The summed E-state index contributed by atoms with van der Waals surface area (Å²) in [5, 5.41) is 11.8. The van der Waals surface area contributed by atoms with E-state index in [-0.39, 0.29) is 6.03 Å². The minimum absolute atomic E-state index is 0.128. The lowest BCUT2D eigenvalue weighted by atomic mass is 10.2. The number of piperazine rings is 1. The second kappa shape index (κ2) is 7.37. The fraction of sp³-hybridized carbons (Fsp3) is 0.222. The molecule has 0 bridgehead atoms. The van der Waals surface area contributed by atoms with Crippen LogP contribution in [-0.2, 0) is 0 Å². The molecule has 0 atom stereocenters. The molecule has 1 N–H and O–H groups in total. The maximum atomic E-state index is 12.4. The smallest absolute Gasteiger partial charge is 0.321 e. The van der Waals surface area contributed by atoms with E-state index in [0.29, 0.717) is 24.3 Å². The van der Waals surface area contributed by atoms with Gasteiger partial charge in [0.05, 0.1) is 17.3 Å². The Balaban J connectivity index is 1.59. The van der Waals surface area contributed by atoms with E-state index >= 15 is 0 Å². The number of amides is 2. The Labute approximate surface area is 149 Å². The Bertz CT molecular complexity index is 779. The van der Waals surface area contributed by atoms with Crippen molar-refractivity contribution in [1.82, 2.24) is 4.90 Å². The van der Waals surface area contributed by atoms with Crippen molar-refractivity contribution in [3.8, 4) is 6.07 Å². The molecule has 2 amide bonds. The molecule has 0 spiro atoms. The maximum absolute atomic E-state index is 12.4. The van der Waals surface area contributed by atoms with Crippen LogP contribution in [0.3, 0.4) is 0 Å². The first-order chi connectivity index (χ1) is 11.7. The quantitative estimate of drug-likeness (QED) is 0.858. The zero-order valence-electron chi connectivity index (χ0n) is 13.1. The lowest BCUT2D eigenvalue weighted by molar-refractivity contribution is 0.208. The van der Waals surface area contributed by atoms with E-state index in [4.69, 9.17) is 5.26 Å². The van der Waals surface area contributed by atoms with Crippen molar-refractivity contribution in [2.24, 2.45) is 0 Å². The average Bonchev–Trinajstić information content (AvgIpc) is 2.62. The lowest BCUT2D eigenvalue weighted by Gasteiger charge is -2.36. The van der Waals surface area contributed by atoms with Gasteiger partial charge in [0, 0.05) is 36.3 Å². The predicted octanol–water partition coefficient (Wildman–Crippen LogP) is 3.67. The van der Waals surface area contributed by atoms with Gasteiger partial charge in [0.2, 0.25) is 0 Å². The number of rotatable bonds is 2. The normalized spacial score (nSPS) is 14.2. The van der Waals surface area contributed by atoms with Crippen molar-refractivity contribution in [2.75, 3.05) is 36.4 Å². The molecule has 122 valence electrons. The highest BCUT2D eigenvalue weighted by Gasteiger charge is 2.22. The third-order valence-electron chi connectivity index (χ3n) is 4.00. The van der Waals surface area contributed by atoms with E-state index in [1.807, 2.05) is 18.2 Å². The maximum Gasteiger partial charge on any atom is 0.321 e. The van der Waals surface area contributed by atoms with Crippen LogP contribution in [0.2, 0.25) is 0 Å². The number of urea groups is 1. The van der Waals surface area contributed by atoms with E-state index in [1.165, 1.54) is 0 Å². The summed E-state index contributed by atoms with van der Waals surface area (Å²) in [5.41, 5.74) is 2.33. The largest absolute Gasteiger partial charge is 0.367 e. The Morgan fingerprint density at radius 1 is 1.08 bits per heavy atom. The number of hydrogen-bond donors (Lipinski definition) is 1. The first-order valence-electron chi connectivity index (χ1n) is 7.73. The number of hydrogen-bond acceptors (Lipinski definition) is 3. The van der Waals surface area contributed by atoms with Gasteiger partial charge in [-0.2, -0.15) is 5.26 Å². The lowest BCUT2D eigenvalue weighted by Crippen LogP contribution is -2.50. The van der Waals surface area contributed by atoms with Crippen LogP contribution in [0.15, 0.2) is 53.0 Å². The number of nitrogens with zero attached hydrogens (tertiary/aromatic N) is 3. The molecule has 3 rings (SSSR count). The zero-order valence-corrected chi connectivity index (χ0v) is 14.7. The van der Waals surface area contributed by atoms with Gasteiger partial charge in [0.25, 0.3) is 0 Å². The van der Waals surface area contributed by atoms with Crippen LogP contribution in [0, 0.1) is 11.3 Å². The molecular weight excluding hydrogens is 368 g/mol. The molecular formula is C18H17BrN4O. The monoisotopic (exact) mass is 384 g/mol. The highest BCUT2D eigenvalue weighted by molar-refractivity contribution is 9.10.